The van der Waals surface area contributed by atoms with Crippen LogP contribution in [0.5, 0.6) is 0 Å². The van der Waals surface area contributed by atoms with E-state index in [2.05, 4.69) is 18.0 Å². The van der Waals surface area contributed by atoms with E-state index in [4.69, 9.17) is 4.74 Å². The minimum Gasteiger partial charge on any atom is -0.457 e. The number of ether oxygens (including phenoxy) is 1. The van der Waals surface area contributed by atoms with E-state index in [1.807, 2.05) is 32.0 Å². The Morgan fingerprint density at radius 3 is 2.57 bits per heavy atom. The smallest absolute Gasteiger partial charge is 0.309 e. The fraction of sp³-hybridized carbons (Fsp3) is 0.607. The minimum absolute atomic E-state index is 0.0476. The zero-order valence-corrected chi connectivity index (χ0v) is 22.5. The number of allylic oxidation sites excluding steroid dienone is 1. The van der Waals surface area contributed by atoms with E-state index in [0.29, 0.717) is 6.42 Å². The molecule has 0 amide bonds. The lowest BCUT2D eigenvalue weighted by atomic mass is 9.73. The summed E-state index contributed by atoms with van der Waals surface area (Å²) in [7, 11) is 0. The van der Waals surface area contributed by atoms with Crippen LogP contribution in [0.15, 0.2) is 29.8 Å². The zero-order valence-electron chi connectivity index (χ0n) is 21.7. The quantitative estimate of drug-likeness (QED) is 0.385. The van der Waals surface area contributed by atoms with Gasteiger partial charge < -0.3 is 14.9 Å². The summed E-state index contributed by atoms with van der Waals surface area (Å²) in [6.07, 6.45) is 2.35. The third-order valence-corrected chi connectivity index (χ3v) is 8.36. The number of aryl methyl sites for hydroxylation is 1. The van der Waals surface area contributed by atoms with Crippen molar-refractivity contribution in [1.29, 1.82) is 0 Å². The SMILES string of the molecule is CC1=CC[C@@H](c2ccc3sc(C)nc3c2)OC(=O)C[C@H](O)C(C)(C)C(=O)[C@H](C)[C@@H](O)[C@@H](C)CCC1. The molecule has 0 radical (unpaired) electrons. The third-order valence-electron chi connectivity index (χ3n) is 7.41. The van der Waals surface area contributed by atoms with Crippen LogP contribution >= 0.6 is 11.3 Å². The summed E-state index contributed by atoms with van der Waals surface area (Å²) in [4.78, 5) is 30.7. The number of thiazole rings is 1. The van der Waals surface area contributed by atoms with Crippen molar-refractivity contribution < 1.29 is 24.5 Å². The highest BCUT2D eigenvalue weighted by atomic mass is 32.1. The molecule has 0 fully saturated rings. The van der Waals surface area contributed by atoms with Crippen molar-refractivity contribution in [3.05, 3.63) is 40.4 Å². The van der Waals surface area contributed by atoms with Gasteiger partial charge in [0, 0.05) is 12.3 Å². The summed E-state index contributed by atoms with van der Waals surface area (Å²) in [5.74, 6) is -1.50. The average Bonchev–Trinajstić information content (AvgIpc) is 3.18. The Kier molecular flexibility index (Phi) is 8.89. The van der Waals surface area contributed by atoms with Crippen LogP contribution in [0.3, 0.4) is 0 Å². The summed E-state index contributed by atoms with van der Waals surface area (Å²) in [5.41, 5.74) is 1.73. The van der Waals surface area contributed by atoms with Crippen LogP contribution in [0, 0.1) is 24.2 Å². The van der Waals surface area contributed by atoms with Gasteiger partial charge in [-0.15, -0.1) is 11.3 Å². The summed E-state index contributed by atoms with van der Waals surface area (Å²) in [6.45, 7) is 11.0. The van der Waals surface area contributed by atoms with Crippen LogP contribution < -0.4 is 0 Å². The summed E-state index contributed by atoms with van der Waals surface area (Å²) >= 11 is 1.62. The monoisotopic (exact) mass is 501 g/mol. The molecule has 0 bridgehead atoms. The van der Waals surface area contributed by atoms with E-state index in [0.717, 1.165) is 40.1 Å². The molecule has 1 aromatic carbocycles. The Morgan fingerprint density at radius 2 is 1.86 bits per heavy atom. The number of carbonyl (C=O) groups excluding carboxylic acids is 2. The molecule has 2 aromatic rings. The lowest BCUT2D eigenvalue weighted by Crippen LogP contribution is -2.45. The Bertz CT molecular complexity index is 1090. The number of carbonyl (C=O) groups is 2. The maximum atomic E-state index is 13.2. The van der Waals surface area contributed by atoms with Crippen molar-refractivity contribution in [2.75, 3.05) is 0 Å². The second kappa shape index (κ2) is 11.3. The van der Waals surface area contributed by atoms with Gasteiger partial charge in [-0.05, 0) is 56.7 Å². The van der Waals surface area contributed by atoms with Gasteiger partial charge in [0.15, 0.2) is 0 Å². The van der Waals surface area contributed by atoms with E-state index in [1.165, 1.54) is 5.57 Å². The summed E-state index contributed by atoms with van der Waals surface area (Å²) < 4.78 is 6.96. The highest BCUT2D eigenvalue weighted by Gasteiger charge is 2.42. The molecule has 7 heteroatoms. The molecule has 3 rings (SSSR count). The fourth-order valence-electron chi connectivity index (χ4n) is 4.81. The molecule has 5 atom stereocenters. The lowest BCUT2D eigenvalue weighted by molar-refractivity contribution is -0.155. The topological polar surface area (TPSA) is 96.7 Å². The number of ketones is 1. The number of cyclic esters (lactones) is 1. The predicted molar refractivity (Wildman–Crippen MR) is 139 cm³/mol. The molecule has 0 spiro atoms. The molecule has 0 aliphatic carbocycles. The van der Waals surface area contributed by atoms with Crippen LogP contribution in [0.4, 0.5) is 0 Å². The number of hydrogen-bond acceptors (Lipinski definition) is 7. The minimum atomic E-state index is -1.22. The first kappa shape index (κ1) is 27.5. The van der Waals surface area contributed by atoms with Gasteiger partial charge in [-0.1, -0.05) is 45.4 Å². The van der Waals surface area contributed by atoms with Gasteiger partial charge in [0.2, 0.25) is 0 Å². The first-order chi connectivity index (χ1) is 16.4. The summed E-state index contributed by atoms with van der Waals surface area (Å²) in [6, 6.07) is 5.93. The van der Waals surface area contributed by atoms with Gasteiger partial charge in [0.25, 0.3) is 0 Å². The Balaban J connectivity index is 1.91. The van der Waals surface area contributed by atoms with Crippen LogP contribution in [0.1, 0.15) is 83.4 Å². The van der Waals surface area contributed by atoms with E-state index in [1.54, 1.807) is 32.1 Å². The normalized spacial score (nSPS) is 29.6. The highest BCUT2D eigenvalue weighted by Crippen LogP contribution is 2.34. The molecule has 1 aliphatic rings. The third kappa shape index (κ3) is 6.57. The lowest BCUT2D eigenvalue weighted by Gasteiger charge is -2.34. The number of aliphatic hydroxyl groups is 2. The largest absolute Gasteiger partial charge is 0.457 e. The van der Waals surface area contributed by atoms with Crippen LogP contribution in [-0.4, -0.2) is 39.2 Å². The second-order valence-electron chi connectivity index (χ2n) is 10.7. The van der Waals surface area contributed by atoms with E-state index in [-0.39, 0.29) is 18.1 Å². The number of nitrogens with zero attached hydrogens (tertiary/aromatic N) is 1. The molecule has 1 aliphatic heterocycles. The molecular formula is C28H39NO5S. The van der Waals surface area contributed by atoms with Crippen LogP contribution in [-0.2, 0) is 14.3 Å². The van der Waals surface area contributed by atoms with Crippen LogP contribution in [0.25, 0.3) is 10.2 Å². The number of rotatable bonds is 1. The maximum absolute atomic E-state index is 13.2. The molecule has 1 aromatic heterocycles. The second-order valence-corrected chi connectivity index (χ2v) is 11.9. The molecular weight excluding hydrogens is 462 g/mol. The Labute approximate surface area is 212 Å². The first-order valence-electron chi connectivity index (χ1n) is 12.5. The van der Waals surface area contributed by atoms with Gasteiger partial charge in [-0.2, -0.15) is 0 Å². The fourth-order valence-corrected chi connectivity index (χ4v) is 5.62. The van der Waals surface area contributed by atoms with Gasteiger partial charge in [0.05, 0.1) is 39.3 Å². The number of aromatic nitrogens is 1. The van der Waals surface area contributed by atoms with E-state index >= 15 is 0 Å². The van der Waals surface area contributed by atoms with Crippen molar-refractivity contribution in [1.82, 2.24) is 4.98 Å². The maximum Gasteiger partial charge on any atom is 0.309 e. The van der Waals surface area contributed by atoms with E-state index in [9.17, 15) is 19.8 Å². The molecule has 2 N–H and O–H groups in total. The van der Waals surface area contributed by atoms with Gasteiger partial charge in [0.1, 0.15) is 11.9 Å². The molecule has 6 nitrogen and oxygen atoms in total. The summed E-state index contributed by atoms with van der Waals surface area (Å²) in [5, 5.41) is 22.6. The van der Waals surface area contributed by atoms with Crippen molar-refractivity contribution in [3.63, 3.8) is 0 Å². The van der Waals surface area contributed by atoms with Gasteiger partial charge in [-0.3, -0.25) is 9.59 Å². The highest BCUT2D eigenvalue weighted by molar-refractivity contribution is 7.18. The number of aliphatic hydroxyl groups excluding tert-OH is 2. The van der Waals surface area contributed by atoms with Crippen LogP contribution in [0.2, 0.25) is 0 Å². The van der Waals surface area contributed by atoms with Crippen molar-refractivity contribution >= 4 is 33.3 Å². The molecule has 0 saturated carbocycles. The number of benzene rings is 1. The molecule has 0 unspecified atom stereocenters. The number of Topliss-reactive ketones (excluding diaryl/α,β-unsaturated/α-hetero) is 1. The number of esters is 1. The van der Waals surface area contributed by atoms with Crippen molar-refractivity contribution in [2.45, 2.75) is 92.0 Å². The van der Waals surface area contributed by atoms with Crippen molar-refractivity contribution in [3.8, 4) is 0 Å². The number of hydrogen-bond donors (Lipinski definition) is 2. The van der Waals surface area contributed by atoms with E-state index < -0.39 is 35.6 Å². The van der Waals surface area contributed by atoms with Gasteiger partial charge in [-0.25, -0.2) is 4.98 Å². The standard InChI is InChI=1S/C28H39NO5S/c1-16-8-7-9-17(2)26(32)18(3)27(33)28(5,6)24(30)15-25(31)34-22(12-10-16)20-11-13-23-21(14-20)29-19(4)35-23/h10-11,13-14,17-18,22,24,26,30,32H,7-9,12,15H2,1-6H3/t17-,18+,22-,24-,26-/m0/s1. The van der Waals surface area contributed by atoms with Gasteiger partial charge >= 0.3 is 5.97 Å². The predicted octanol–water partition coefficient (Wildman–Crippen LogP) is 5.69. The molecule has 2 heterocycles. The first-order valence-corrected chi connectivity index (χ1v) is 13.3. The zero-order chi connectivity index (χ0) is 25.9. The Morgan fingerprint density at radius 1 is 1.14 bits per heavy atom. The molecule has 0 saturated heterocycles. The average molecular weight is 502 g/mol. The molecule has 192 valence electrons. The van der Waals surface area contributed by atoms with Crippen molar-refractivity contribution in [2.24, 2.45) is 17.3 Å². The Hall–Kier alpha value is -2.09. The number of fused-ring (bicyclic) bond motifs is 1. The molecule has 35 heavy (non-hydrogen) atoms.